The number of aromatic nitrogens is 2. The van der Waals surface area contributed by atoms with Crippen LogP contribution in [0.5, 0.6) is 0 Å². The summed E-state index contributed by atoms with van der Waals surface area (Å²) < 4.78 is 0. The highest BCUT2D eigenvalue weighted by Crippen LogP contribution is 2.37. The lowest BCUT2D eigenvalue weighted by atomic mass is 9.95. The summed E-state index contributed by atoms with van der Waals surface area (Å²) in [6, 6.07) is 22.5. The fourth-order valence-corrected chi connectivity index (χ4v) is 6.58. The van der Waals surface area contributed by atoms with E-state index in [0.717, 1.165) is 68.1 Å². The first-order valence-electron chi connectivity index (χ1n) is 15.1. The van der Waals surface area contributed by atoms with E-state index < -0.39 is 0 Å². The molecule has 2 N–H and O–H groups in total. The van der Waals surface area contributed by atoms with E-state index in [2.05, 4.69) is 10.6 Å². The van der Waals surface area contributed by atoms with Crippen molar-refractivity contribution in [3.05, 3.63) is 94.2 Å². The van der Waals surface area contributed by atoms with Crippen LogP contribution in [0.1, 0.15) is 78.8 Å². The average Bonchev–Trinajstić information content (AvgIpc) is 3.54. The van der Waals surface area contributed by atoms with Crippen LogP contribution in [0.4, 0.5) is 0 Å². The van der Waals surface area contributed by atoms with Crippen molar-refractivity contribution in [2.45, 2.75) is 69.9 Å². The number of carbonyl (C=O) groups is 2. The molecule has 2 heterocycles. The van der Waals surface area contributed by atoms with Crippen molar-refractivity contribution in [3.63, 3.8) is 0 Å². The smallest absolute Gasteiger partial charge is 0.270 e. The molecule has 0 atom stereocenters. The van der Waals surface area contributed by atoms with Gasteiger partial charge in [-0.05, 0) is 67.6 Å². The minimum Gasteiger partial charge on any atom is -0.348 e. The molecule has 220 valence electrons. The molecule has 0 unspecified atom stereocenters. The van der Waals surface area contributed by atoms with Crippen molar-refractivity contribution in [2.24, 2.45) is 0 Å². The fraction of sp³-hybridized carbons (Fsp3) is 0.314. The van der Waals surface area contributed by atoms with Gasteiger partial charge in [0.2, 0.25) is 0 Å². The predicted molar refractivity (Wildman–Crippen MR) is 172 cm³/mol. The van der Waals surface area contributed by atoms with Crippen LogP contribution in [0.15, 0.2) is 72.8 Å². The summed E-state index contributed by atoms with van der Waals surface area (Å²) in [4.78, 5) is 36.5. The second-order valence-corrected chi connectivity index (χ2v) is 12.3. The number of amides is 2. The molecule has 2 amide bonds. The second kappa shape index (κ2) is 13.3. The van der Waals surface area contributed by atoms with Gasteiger partial charge in [0, 0.05) is 38.8 Å². The quantitative estimate of drug-likeness (QED) is 0.219. The Balaban J connectivity index is 1.46. The fourth-order valence-electron chi connectivity index (χ4n) is 6.12. The van der Waals surface area contributed by atoms with E-state index in [1.807, 2.05) is 48.5 Å². The summed E-state index contributed by atoms with van der Waals surface area (Å²) in [7, 11) is 0. The first-order valence-corrected chi connectivity index (χ1v) is 15.9. The van der Waals surface area contributed by atoms with Crippen molar-refractivity contribution < 1.29 is 9.59 Å². The van der Waals surface area contributed by atoms with Crippen molar-refractivity contribution in [1.82, 2.24) is 20.6 Å². The number of hydrogen-bond donors (Lipinski definition) is 2. The van der Waals surface area contributed by atoms with Crippen molar-refractivity contribution >= 4 is 35.0 Å². The molecule has 2 fully saturated rings. The molecule has 0 spiro atoms. The van der Waals surface area contributed by atoms with E-state index in [4.69, 9.17) is 33.2 Å². The molecule has 0 saturated heterocycles. The molecule has 4 aromatic rings. The molecular formula is C35H34Cl2N4O2. The topological polar surface area (TPSA) is 84.0 Å². The van der Waals surface area contributed by atoms with Crippen LogP contribution in [0, 0.1) is 0 Å². The van der Waals surface area contributed by atoms with Crippen molar-refractivity contribution in [2.75, 3.05) is 0 Å². The molecule has 6 rings (SSSR count). The molecule has 2 aliphatic rings. The van der Waals surface area contributed by atoms with Crippen LogP contribution in [0.2, 0.25) is 10.0 Å². The second-order valence-electron chi connectivity index (χ2n) is 11.4. The summed E-state index contributed by atoms with van der Waals surface area (Å²) in [5.74, 6) is -0.423. The van der Waals surface area contributed by atoms with Gasteiger partial charge >= 0.3 is 0 Å². The third kappa shape index (κ3) is 6.76. The van der Waals surface area contributed by atoms with Crippen LogP contribution in [0.25, 0.3) is 33.6 Å². The number of halogens is 2. The largest absolute Gasteiger partial charge is 0.348 e. The lowest BCUT2D eigenvalue weighted by molar-refractivity contribution is 0.0918. The molecule has 2 aliphatic carbocycles. The van der Waals surface area contributed by atoms with E-state index in [1.54, 1.807) is 24.3 Å². The van der Waals surface area contributed by atoms with Gasteiger partial charge in [0.15, 0.2) is 0 Å². The van der Waals surface area contributed by atoms with Crippen LogP contribution in [0.3, 0.4) is 0 Å². The Morgan fingerprint density at radius 2 is 1.16 bits per heavy atom. The minimum atomic E-state index is -0.224. The maximum absolute atomic E-state index is 13.5. The summed E-state index contributed by atoms with van der Waals surface area (Å²) in [6.07, 6.45) is 9.56. The third-order valence-corrected chi connectivity index (χ3v) is 9.07. The number of pyridine rings is 2. The standard InChI is InChI=1S/C35H34Cl2N4O2/c36-28-16-8-6-14-26(28)31-20-22(21-32(40-31)35(43)39-24-12-4-5-13-24)25-18-19-30(34(42)38-23-10-2-1-3-11-23)41-33(25)27-15-7-9-17-29(27)37/h6-9,14-21,23-24H,1-5,10-13H2,(H,38,42)(H,39,43). The lowest BCUT2D eigenvalue weighted by Crippen LogP contribution is -2.36. The average molecular weight is 614 g/mol. The van der Waals surface area contributed by atoms with Crippen LogP contribution in [-0.4, -0.2) is 33.9 Å². The third-order valence-electron chi connectivity index (χ3n) is 8.41. The van der Waals surface area contributed by atoms with Gasteiger partial charge in [-0.15, -0.1) is 0 Å². The maximum atomic E-state index is 13.5. The zero-order chi connectivity index (χ0) is 29.8. The Morgan fingerprint density at radius 3 is 1.79 bits per heavy atom. The normalized spacial score (nSPS) is 15.8. The van der Waals surface area contributed by atoms with Gasteiger partial charge in [-0.2, -0.15) is 0 Å². The zero-order valence-electron chi connectivity index (χ0n) is 23.9. The molecule has 6 nitrogen and oxygen atoms in total. The van der Waals surface area contributed by atoms with Gasteiger partial charge in [0.1, 0.15) is 11.4 Å². The molecule has 0 radical (unpaired) electrons. The molecular weight excluding hydrogens is 579 g/mol. The summed E-state index contributed by atoms with van der Waals surface area (Å²) in [5, 5.41) is 7.38. The van der Waals surface area contributed by atoms with Gasteiger partial charge in [-0.25, -0.2) is 9.97 Å². The number of nitrogens with one attached hydrogen (secondary N) is 2. The highest BCUT2D eigenvalue weighted by molar-refractivity contribution is 6.33. The number of carbonyl (C=O) groups excluding carboxylic acids is 2. The van der Waals surface area contributed by atoms with E-state index in [0.29, 0.717) is 38.4 Å². The van der Waals surface area contributed by atoms with Gasteiger partial charge < -0.3 is 10.6 Å². The summed E-state index contributed by atoms with van der Waals surface area (Å²) in [6.45, 7) is 0. The molecule has 8 heteroatoms. The van der Waals surface area contributed by atoms with E-state index >= 15 is 0 Å². The van der Waals surface area contributed by atoms with Crippen LogP contribution in [-0.2, 0) is 0 Å². The molecule has 2 saturated carbocycles. The predicted octanol–water partition coefficient (Wildman–Crippen LogP) is 8.52. The summed E-state index contributed by atoms with van der Waals surface area (Å²) >= 11 is 13.3. The highest BCUT2D eigenvalue weighted by atomic mass is 35.5. The van der Waals surface area contributed by atoms with Crippen LogP contribution < -0.4 is 10.6 Å². The van der Waals surface area contributed by atoms with E-state index in [9.17, 15) is 9.59 Å². The SMILES string of the molecule is O=C(NC1CCCC1)c1cc(-c2ccc(C(=O)NC3CCCCC3)nc2-c2ccccc2Cl)cc(-c2ccccc2Cl)n1. The maximum Gasteiger partial charge on any atom is 0.270 e. The molecule has 43 heavy (non-hydrogen) atoms. The van der Waals surface area contributed by atoms with Crippen molar-refractivity contribution in [1.29, 1.82) is 0 Å². The van der Waals surface area contributed by atoms with Crippen molar-refractivity contribution in [3.8, 4) is 33.6 Å². The molecule has 0 bridgehead atoms. The minimum absolute atomic E-state index is 0.143. The molecule has 2 aromatic carbocycles. The molecule has 0 aliphatic heterocycles. The Morgan fingerprint density at radius 1 is 0.605 bits per heavy atom. The van der Waals surface area contributed by atoms with Gasteiger partial charge in [0.05, 0.1) is 11.4 Å². The van der Waals surface area contributed by atoms with E-state index in [1.165, 1.54) is 6.42 Å². The number of hydrogen-bond acceptors (Lipinski definition) is 4. The Bertz CT molecular complexity index is 1640. The first kappa shape index (κ1) is 29.3. The summed E-state index contributed by atoms with van der Waals surface area (Å²) in [5.41, 5.74) is 4.61. The highest BCUT2D eigenvalue weighted by Gasteiger charge is 2.23. The van der Waals surface area contributed by atoms with E-state index in [-0.39, 0.29) is 23.9 Å². The van der Waals surface area contributed by atoms with Gasteiger partial charge in [-0.3, -0.25) is 9.59 Å². The Labute approximate surface area is 262 Å². The number of nitrogens with zero attached hydrogens (tertiary/aromatic N) is 2. The Hall–Kier alpha value is -3.74. The Kier molecular flexibility index (Phi) is 9.06. The van der Waals surface area contributed by atoms with Gasteiger partial charge in [-0.1, -0.05) is 91.7 Å². The zero-order valence-corrected chi connectivity index (χ0v) is 25.4. The van der Waals surface area contributed by atoms with Gasteiger partial charge in [0.25, 0.3) is 11.8 Å². The first-order chi connectivity index (χ1) is 21.0. The lowest BCUT2D eigenvalue weighted by Gasteiger charge is -2.23. The number of benzene rings is 2. The van der Waals surface area contributed by atoms with Crippen LogP contribution >= 0.6 is 23.2 Å². The monoisotopic (exact) mass is 612 g/mol. The number of rotatable bonds is 7. The molecule has 2 aromatic heterocycles.